The lowest BCUT2D eigenvalue weighted by Crippen LogP contribution is -1.96. The van der Waals surface area contributed by atoms with Crippen molar-refractivity contribution in [3.8, 4) is 17.0 Å². The number of nitrogens with zero attached hydrogens (tertiary/aromatic N) is 2. The van der Waals surface area contributed by atoms with Gasteiger partial charge in [-0.3, -0.25) is 0 Å². The molecular weight excluding hydrogens is 214 g/mol. The molecule has 1 aromatic carbocycles. The zero-order valence-electron chi connectivity index (χ0n) is 7.61. The SMILES string of the molecule is Nc1nc(Cl)cc(-c2c[c]ccc2O)n1. The summed E-state index contributed by atoms with van der Waals surface area (Å²) in [6.07, 6.45) is 0. The van der Waals surface area contributed by atoms with Gasteiger partial charge >= 0.3 is 0 Å². The Kier molecular flexibility index (Phi) is 2.43. The summed E-state index contributed by atoms with van der Waals surface area (Å²) in [7, 11) is 0. The van der Waals surface area contributed by atoms with Crippen LogP contribution in [0.1, 0.15) is 0 Å². The first kappa shape index (κ1) is 9.73. The third-order valence-corrected chi connectivity index (χ3v) is 2.02. The summed E-state index contributed by atoms with van der Waals surface area (Å²) >= 11 is 5.73. The van der Waals surface area contributed by atoms with Crippen LogP contribution >= 0.6 is 11.6 Å². The van der Waals surface area contributed by atoms with Crippen LogP contribution in [0.25, 0.3) is 11.3 Å². The van der Waals surface area contributed by atoms with Gasteiger partial charge in [0, 0.05) is 11.6 Å². The minimum absolute atomic E-state index is 0.0701. The van der Waals surface area contributed by atoms with Crippen LogP contribution in [-0.2, 0) is 0 Å². The van der Waals surface area contributed by atoms with Crippen molar-refractivity contribution in [2.75, 3.05) is 5.73 Å². The Balaban J connectivity index is 2.59. The largest absolute Gasteiger partial charge is 0.507 e. The first-order valence-corrected chi connectivity index (χ1v) is 4.54. The normalized spacial score (nSPS) is 10.2. The van der Waals surface area contributed by atoms with Crippen LogP contribution < -0.4 is 5.73 Å². The van der Waals surface area contributed by atoms with Crippen LogP contribution in [0.4, 0.5) is 5.95 Å². The van der Waals surface area contributed by atoms with Gasteiger partial charge in [-0.25, -0.2) is 9.97 Å². The average Bonchev–Trinajstić information content (AvgIpc) is 2.16. The first-order chi connectivity index (χ1) is 7.16. The highest BCUT2D eigenvalue weighted by Crippen LogP contribution is 2.28. The predicted octanol–water partition coefficient (Wildman–Crippen LogP) is 1.88. The number of aromatic nitrogens is 2. The van der Waals surface area contributed by atoms with Crippen molar-refractivity contribution >= 4 is 17.5 Å². The monoisotopic (exact) mass is 220 g/mol. The van der Waals surface area contributed by atoms with Crippen LogP contribution in [0, 0.1) is 6.07 Å². The van der Waals surface area contributed by atoms with Gasteiger partial charge in [-0.05, 0) is 18.2 Å². The number of rotatable bonds is 1. The van der Waals surface area contributed by atoms with E-state index in [4.69, 9.17) is 17.3 Å². The van der Waals surface area contributed by atoms with E-state index in [1.807, 2.05) is 0 Å². The number of phenolic OH excluding ortho intramolecular Hbond substituents is 1. The molecule has 1 radical (unpaired) electrons. The van der Waals surface area contributed by atoms with E-state index in [2.05, 4.69) is 16.0 Å². The molecule has 0 saturated heterocycles. The van der Waals surface area contributed by atoms with Gasteiger partial charge in [-0.15, -0.1) is 0 Å². The van der Waals surface area contributed by atoms with E-state index in [-0.39, 0.29) is 16.9 Å². The van der Waals surface area contributed by atoms with Gasteiger partial charge in [-0.1, -0.05) is 17.7 Å². The van der Waals surface area contributed by atoms with E-state index in [0.717, 1.165) is 0 Å². The number of benzene rings is 1. The van der Waals surface area contributed by atoms with Gasteiger partial charge in [0.05, 0.1) is 5.69 Å². The number of phenols is 1. The zero-order valence-corrected chi connectivity index (χ0v) is 8.36. The van der Waals surface area contributed by atoms with Crippen LogP contribution in [0.3, 0.4) is 0 Å². The molecule has 0 saturated carbocycles. The summed E-state index contributed by atoms with van der Waals surface area (Å²) in [6.45, 7) is 0. The smallest absolute Gasteiger partial charge is 0.221 e. The molecule has 15 heavy (non-hydrogen) atoms. The molecule has 0 atom stereocenters. The molecule has 2 rings (SSSR count). The van der Waals surface area contributed by atoms with Crippen LogP contribution in [-0.4, -0.2) is 15.1 Å². The molecule has 0 aliphatic rings. The molecule has 2 aromatic rings. The molecular formula is C10H7ClN3O. The van der Waals surface area contributed by atoms with Crippen molar-refractivity contribution < 1.29 is 5.11 Å². The molecule has 0 spiro atoms. The lowest BCUT2D eigenvalue weighted by Gasteiger charge is -2.04. The van der Waals surface area contributed by atoms with E-state index in [9.17, 15) is 5.11 Å². The summed E-state index contributed by atoms with van der Waals surface area (Å²) in [6, 6.07) is 9.09. The van der Waals surface area contributed by atoms with Crippen molar-refractivity contribution in [1.29, 1.82) is 0 Å². The second kappa shape index (κ2) is 3.74. The van der Waals surface area contributed by atoms with Gasteiger partial charge in [0.2, 0.25) is 5.95 Å². The Morgan fingerprint density at radius 1 is 1.40 bits per heavy atom. The number of hydrogen-bond donors (Lipinski definition) is 2. The zero-order chi connectivity index (χ0) is 10.8. The van der Waals surface area contributed by atoms with Gasteiger partial charge in [0.25, 0.3) is 0 Å². The summed E-state index contributed by atoms with van der Waals surface area (Å²) in [5.74, 6) is 0.170. The van der Waals surface area contributed by atoms with Crippen molar-refractivity contribution in [3.05, 3.63) is 35.5 Å². The quantitative estimate of drug-likeness (QED) is 0.720. The Labute approximate surface area is 91.4 Å². The van der Waals surface area contributed by atoms with E-state index in [1.54, 1.807) is 12.1 Å². The summed E-state index contributed by atoms with van der Waals surface area (Å²) in [5, 5.41) is 9.82. The van der Waals surface area contributed by atoms with Gasteiger partial charge in [-0.2, -0.15) is 0 Å². The third kappa shape index (κ3) is 1.99. The number of halogens is 1. The standard InChI is InChI=1S/C10H7ClN3O/c11-9-5-7(13-10(12)14-9)6-3-1-2-4-8(6)15/h2-5,15H,(H2,12,13,14). The molecule has 3 N–H and O–H groups in total. The van der Waals surface area contributed by atoms with Gasteiger partial charge < -0.3 is 10.8 Å². The topological polar surface area (TPSA) is 72.0 Å². The Morgan fingerprint density at radius 3 is 2.87 bits per heavy atom. The molecule has 0 fully saturated rings. The average molecular weight is 221 g/mol. The first-order valence-electron chi connectivity index (χ1n) is 4.16. The summed E-state index contributed by atoms with van der Waals surface area (Å²) in [5.41, 5.74) is 6.44. The number of hydrogen-bond acceptors (Lipinski definition) is 4. The predicted molar refractivity (Wildman–Crippen MR) is 57.4 cm³/mol. The molecule has 75 valence electrons. The number of anilines is 1. The Morgan fingerprint density at radius 2 is 2.20 bits per heavy atom. The fourth-order valence-corrected chi connectivity index (χ4v) is 1.39. The van der Waals surface area contributed by atoms with Crippen molar-refractivity contribution in [3.63, 3.8) is 0 Å². The van der Waals surface area contributed by atoms with Crippen LogP contribution in [0.2, 0.25) is 5.15 Å². The van der Waals surface area contributed by atoms with Crippen molar-refractivity contribution in [1.82, 2.24) is 9.97 Å². The van der Waals surface area contributed by atoms with Crippen LogP contribution in [0.15, 0.2) is 24.3 Å². The number of aromatic hydroxyl groups is 1. The highest BCUT2D eigenvalue weighted by Gasteiger charge is 2.07. The molecule has 0 amide bonds. The lowest BCUT2D eigenvalue weighted by atomic mass is 10.1. The van der Waals surface area contributed by atoms with E-state index in [0.29, 0.717) is 11.3 Å². The van der Waals surface area contributed by atoms with Gasteiger partial charge in [0.15, 0.2) is 0 Å². The molecule has 5 heteroatoms. The minimum Gasteiger partial charge on any atom is -0.507 e. The fourth-order valence-electron chi connectivity index (χ4n) is 1.20. The second-order valence-electron chi connectivity index (χ2n) is 2.88. The number of nitrogen functional groups attached to an aromatic ring is 1. The van der Waals surface area contributed by atoms with Crippen molar-refractivity contribution in [2.24, 2.45) is 0 Å². The Hall–Kier alpha value is -1.81. The highest BCUT2D eigenvalue weighted by molar-refractivity contribution is 6.29. The highest BCUT2D eigenvalue weighted by atomic mass is 35.5. The van der Waals surface area contributed by atoms with E-state index >= 15 is 0 Å². The maximum atomic E-state index is 9.58. The molecule has 0 unspecified atom stereocenters. The molecule has 1 heterocycles. The third-order valence-electron chi connectivity index (χ3n) is 1.83. The van der Waals surface area contributed by atoms with E-state index < -0.39 is 0 Å². The number of nitrogens with two attached hydrogens (primary N) is 1. The fraction of sp³-hybridized carbons (Fsp3) is 0. The molecule has 0 bridgehead atoms. The Bertz CT molecular complexity index is 482. The molecule has 0 aliphatic heterocycles. The summed E-state index contributed by atoms with van der Waals surface area (Å²) < 4.78 is 0. The molecule has 1 aromatic heterocycles. The van der Waals surface area contributed by atoms with Crippen molar-refractivity contribution in [2.45, 2.75) is 0 Å². The minimum atomic E-state index is 0.0701. The second-order valence-corrected chi connectivity index (χ2v) is 3.26. The van der Waals surface area contributed by atoms with Gasteiger partial charge in [0.1, 0.15) is 10.9 Å². The lowest BCUT2D eigenvalue weighted by molar-refractivity contribution is 0.477. The maximum absolute atomic E-state index is 9.58. The summed E-state index contributed by atoms with van der Waals surface area (Å²) in [4.78, 5) is 7.70. The molecule has 0 aliphatic carbocycles. The maximum Gasteiger partial charge on any atom is 0.221 e. The van der Waals surface area contributed by atoms with Crippen LogP contribution in [0.5, 0.6) is 5.75 Å². The van der Waals surface area contributed by atoms with E-state index in [1.165, 1.54) is 12.1 Å². The molecule has 4 nitrogen and oxygen atoms in total.